The van der Waals surface area contributed by atoms with Crippen LogP contribution < -0.4 is 15.0 Å². The number of nitrogens with one attached hydrogen (secondary N) is 1. The average molecular weight is 275 g/mol. The van der Waals surface area contributed by atoms with Gasteiger partial charge in [0.05, 0.1) is 0 Å². The van der Waals surface area contributed by atoms with Gasteiger partial charge in [-0.2, -0.15) is 4.98 Å². The van der Waals surface area contributed by atoms with Crippen molar-refractivity contribution in [3.63, 3.8) is 0 Å². The molecule has 0 radical (unpaired) electrons. The smallest absolute Gasteiger partial charge is 0.220 e. The van der Waals surface area contributed by atoms with Crippen LogP contribution >= 0.6 is 0 Å². The highest BCUT2D eigenvalue weighted by atomic mass is 16.5. The predicted octanol–water partition coefficient (Wildman–Crippen LogP) is 2.68. The molecule has 0 spiro atoms. The van der Waals surface area contributed by atoms with Crippen LogP contribution in [-0.2, 0) is 5.54 Å². The highest BCUT2D eigenvalue weighted by Crippen LogP contribution is 2.33. The molecule has 3 heterocycles. The molecular weight excluding hydrogens is 250 g/mol. The summed E-state index contributed by atoms with van der Waals surface area (Å²) in [6, 6.07) is 4.90. The molecule has 1 unspecified atom stereocenters. The lowest BCUT2D eigenvalue weighted by molar-refractivity contribution is 0.309. The van der Waals surface area contributed by atoms with E-state index in [1.165, 1.54) is 19.3 Å². The molecule has 1 N–H and O–H groups in total. The van der Waals surface area contributed by atoms with Crippen LogP contribution in [0.1, 0.15) is 45.6 Å². The fourth-order valence-corrected chi connectivity index (χ4v) is 3.22. The summed E-state index contributed by atoms with van der Waals surface area (Å²) < 4.78 is 5.85. The third-order valence-electron chi connectivity index (χ3n) is 4.52. The molecule has 0 saturated carbocycles. The van der Waals surface area contributed by atoms with Crippen molar-refractivity contribution in [2.75, 3.05) is 24.6 Å². The first-order valence-corrected chi connectivity index (χ1v) is 7.74. The molecule has 4 nitrogen and oxygen atoms in total. The Morgan fingerprint density at radius 1 is 1.35 bits per heavy atom. The van der Waals surface area contributed by atoms with Crippen LogP contribution in [0, 0.1) is 0 Å². The third-order valence-corrected chi connectivity index (χ3v) is 4.52. The lowest BCUT2D eigenvalue weighted by Gasteiger charge is -2.35. The Bertz CT molecular complexity index is 487. The third kappa shape index (κ3) is 2.49. The molecule has 0 aromatic carbocycles. The average Bonchev–Trinajstić information content (AvgIpc) is 2.58. The van der Waals surface area contributed by atoms with E-state index in [1.807, 2.05) is 0 Å². The van der Waals surface area contributed by atoms with E-state index in [2.05, 4.69) is 43.1 Å². The number of pyridine rings is 1. The first-order chi connectivity index (χ1) is 9.58. The number of rotatable bonds is 1. The van der Waals surface area contributed by atoms with Gasteiger partial charge in [0.2, 0.25) is 5.88 Å². The molecule has 20 heavy (non-hydrogen) atoms. The fraction of sp³-hybridized carbons (Fsp3) is 0.688. The van der Waals surface area contributed by atoms with Gasteiger partial charge in [-0.3, -0.25) is 0 Å². The molecule has 1 fully saturated rings. The van der Waals surface area contributed by atoms with Crippen molar-refractivity contribution < 1.29 is 4.74 Å². The molecule has 0 aliphatic carbocycles. The summed E-state index contributed by atoms with van der Waals surface area (Å²) in [4.78, 5) is 7.22. The molecule has 4 heteroatoms. The molecular formula is C16H25N3O. The van der Waals surface area contributed by atoms with Gasteiger partial charge in [0.1, 0.15) is 12.4 Å². The van der Waals surface area contributed by atoms with E-state index in [-0.39, 0.29) is 5.54 Å². The maximum atomic E-state index is 5.85. The fourth-order valence-electron chi connectivity index (χ4n) is 3.22. The second kappa shape index (κ2) is 5.24. The normalized spacial score (nSPS) is 25.6. The van der Waals surface area contributed by atoms with E-state index in [0.717, 1.165) is 30.4 Å². The Morgan fingerprint density at radius 3 is 3.00 bits per heavy atom. The maximum absolute atomic E-state index is 5.85. The second-order valence-corrected chi connectivity index (χ2v) is 6.46. The van der Waals surface area contributed by atoms with Crippen LogP contribution in [0.2, 0.25) is 0 Å². The Hall–Kier alpha value is -1.29. The van der Waals surface area contributed by atoms with Gasteiger partial charge >= 0.3 is 0 Å². The van der Waals surface area contributed by atoms with Crippen molar-refractivity contribution in [3.05, 3.63) is 17.7 Å². The molecule has 1 aromatic heterocycles. The summed E-state index contributed by atoms with van der Waals surface area (Å²) >= 11 is 0. The number of piperidine rings is 1. The lowest BCUT2D eigenvalue weighted by atomic mass is 9.95. The standard InChI is InChI=1S/C16H25N3O/c1-12-6-4-5-10-19(12)14-8-7-13-15(18-14)20-11-9-17-16(13,2)3/h7-8,12,17H,4-6,9-11H2,1-3H3. The summed E-state index contributed by atoms with van der Waals surface area (Å²) in [6.45, 7) is 9.31. The molecule has 0 amide bonds. The largest absolute Gasteiger partial charge is 0.476 e. The van der Waals surface area contributed by atoms with Gasteiger partial charge in [0, 0.05) is 30.2 Å². The molecule has 2 aliphatic rings. The van der Waals surface area contributed by atoms with Crippen molar-refractivity contribution in [3.8, 4) is 5.88 Å². The second-order valence-electron chi connectivity index (χ2n) is 6.46. The maximum Gasteiger partial charge on any atom is 0.220 e. The minimum absolute atomic E-state index is 0.0785. The number of anilines is 1. The number of hydrogen-bond acceptors (Lipinski definition) is 4. The molecule has 3 rings (SSSR count). The van der Waals surface area contributed by atoms with Crippen LogP contribution in [0.4, 0.5) is 5.82 Å². The monoisotopic (exact) mass is 275 g/mol. The molecule has 1 atom stereocenters. The van der Waals surface area contributed by atoms with Gasteiger partial charge in [0.15, 0.2) is 0 Å². The SMILES string of the molecule is CC1CCCCN1c1ccc2c(n1)OCCNC2(C)C. The van der Waals surface area contributed by atoms with Crippen molar-refractivity contribution in [2.24, 2.45) is 0 Å². The van der Waals surface area contributed by atoms with E-state index < -0.39 is 0 Å². The Labute approximate surface area is 121 Å². The zero-order chi connectivity index (χ0) is 14.2. The highest BCUT2D eigenvalue weighted by Gasteiger charge is 2.29. The number of ether oxygens (including phenoxy) is 1. The first kappa shape index (κ1) is 13.7. The Morgan fingerprint density at radius 2 is 2.20 bits per heavy atom. The van der Waals surface area contributed by atoms with Crippen LogP contribution in [0.15, 0.2) is 12.1 Å². The minimum atomic E-state index is -0.0785. The topological polar surface area (TPSA) is 37.4 Å². The van der Waals surface area contributed by atoms with E-state index in [0.29, 0.717) is 12.6 Å². The van der Waals surface area contributed by atoms with E-state index >= 15 is 0 Å². The van der Waals surface area contributed by atoms with Gasteiger partial charge in [-0.25, -0.2) is 0 Å². The molecule has 110 valence electrons. The minimum Gasteiger partial charge on any atom is -0.476 e. The Kier molecular flexibility index (Phi) is 3.59. The highest BCUT2D eigenvalue weighted by molar-refractivity contribution is 5.47. The first-order valence-electron chi connectivity index (χ1n) is 7.74. The van der Waals surface area contributed by atoms with Gasteiger partial charge in [-0.1, -0.05) is 0 Å². The zero-order valence-corrected chi connectivity index (χ0v) is 12.8. The summed E-state index contributed by atoms with van der Waals surface area (Å²) in [5, 5.41) is 3.51. The quantitative estimate of drug-likeness (QED) is 0.855. The van der Waals surface area contributed by atoms with Gasteiger partial charge < -0.3 is 15.0 Å². The summed E-state index contributed by atoms with van der Waals surface area (Å²) in [7, 11) is 0. The zero-order valence-electron chi connectivity index (χ0n) is 12.8. The molecule has 2 aliphatic heterocycles. The van der Waals surface area contributed by atoms with Gasteiger partial charge in [-0.15, -0.1) is 0 Å². The van der Waals surface area contributed by atoms with E-state index in [4.69, 9.17) is 9.72 Å². The molecule has 1 saturated heterocycles. The number of hydrogen-bond donors (Lipinski definition) is 1. The summed E-state index contributed by atoms with van der Waals surface area (Å²) in [6.07, 6.45) is 3.85. The lowest BCUT2D eigenvalue weighted by Crippen LogP contribution is -2.38. The van der Waals surface area contributed by atoms with Crippen molar-refractivity contribution >= 4 is 5.82 Å². The number of nitrogens with zero attached hydrogens (tertiary/aromatic N) is 2. The number of aromatic nitrogens is 1. The van der Waals surface area contributed by atoms with Crippen LogP contribution in [0.3, 0.4) is 0 Å². The van der Waals surface area contributed by atoms with E-state index in [9.17, 15) is 0 Å². The van der Waals surface area contributed by atoms with Gasteiger partial charge in [0.25, 0.3) is 0 Å². The predicted molar refractivity (Wildman–Crippen MR) is 81.4 cm³/mol. The van der Waals surface area contributed by atoms with Crippen LogP contribution in [0.25, 0.3) is 0 Å². The molecule has 1 aromatic rings. The van der Waals surface area contributed by atoms with Crippen LogP contribution in [-0.4, -0.2) is 30.7 Å². The summed E-state index contributed by atoms with van der Waals surface area (Å²) in [5.74, 6) is 1.86. The molecule has 0 bridgehead atoms. The number of fused-ring (bicyclic) bond motifs is 1. The van der Waals surface area contributed by atoms with Crippen molar-refractivity contribution in [2.45, 2.75) is 51.6 Å². The van der Waals surface area contributed by atoms with Crippen LogP contribution in [0.5, 0.6) is 5.88 Å². The van der Waals surface area contributed by atoms with Crippen molar-refractivity contribution in [1.29, 1.82) is 0 Å². The van der Waals surface area contributed by atoms with Gasteiger partial charge in [-0.05, 0) is 52.2 Å². The van der Waals surface area contributed by atoms with Crippen molar-refractivity contribution in [1.82, 2.24) is 10.3 Å². The summed E-state index contributed by atoms with van der Waals surface area (Å²) in [5.41, 5.74) is 1.08. The Balaban J connectivity index is 1.94. The van der Waals surface area contributed by atoms with E-state index in [1.54, 1.807) is 0 Å².